The van der Waals surface area contributed by atoms with Crippen molar-refractivity contribution in [1.29, 1.82) is 0 Å². The van der Waals surface area contributed by atoms with Crippen LogP contribution in [0, 0.1) is 5.92 Å². The molecule has 5 nitrogen and oxygen atoms in total. The van der Waals surface area contributed by atoms with Crippen LogP contribution in [0.4, 0.5) is 0 Å². The number of nitrogens with zero attached hydrogens (tertiary/aromatic N) is 2. The molecule has 1 aliphatic carbocycles. The summed E-state index contributed by atoms with van der Waals surface area (Å²) in [6, 6.07) is 6.60. The van der Waals surface area contributed by atoms with Gasteiger partial charge < -0.3 is 14.4 Å². The summed E-state index contributed by atoms with van der Waals surface area (Å²) in [5, 5.41) is 0. The van der Waals surface area contributed by atoms with Crippen LogP contribution < -0.4 is 4.74 Å². The summed E-state index contributed by atoms with van der Waals surface area (Å²) in [5.74, 6) is 1.48. The lowest BCUT2D eigenvalue weighted by molar-refractivity contribution is -0.138. The predicted molar refractivity (Wildman–Crippen MR) is 100 cm³/mol. The van der Waals surface area contributed by atoms with Crippen molar-refractivity contribution in [1.82, 2.24) is 9.80 Å². The molecule has 0 N–H and O–H groups in total. The summed E-state index contributed by atoms with van der Waals surface area (Å²) in [5.41, 5.74) is 2.43. The predicted octanol–water partition coefficient (Wildman–Crippen LogP) is 2.82. The summed E-state index contributed by atoms with van der Waals surface area (Å²) in [4.78, 5) is 17.5. The molecule has 4 rings (SSSR count). The highest BCUT2D eigenvalue weighted by molar-refractivity contribution is 5.79. The normalized spacial score (nSPS) is 24.8. The van der Waals surface area contributed by atoms with E-state index in [9.17, 15) is 4.79 Å². The molecular weight excluding hydrogens is 328 g/mol. The number of ether oxygens (including phenoxy) is 2. The van der Waals surface area contributed by atoms with Crippen LogP contribution in [-0.4, -0.2) is 54.7 Å². The highest BCUT2D eigenvalue weighted by Gasteiger charge is 2.32. The van der Waals surface area contributed by atoms with Crippen molar-refractivity contribution in [3.63, 3.8) is 0 Å². The first-order chi connectivity index (χ1) is 12.7. The second-order valence-corrected chi connectivity index (χ2v) is 7.94. The molecule has 3 aliphatic rings. The van der Waals surface area contributed by atoms with Gasteiger partial charge in [-0.05, 0) is 37.5 Å². The molecule has 26 heavy (non-hydrogen) atoms. The van der Waals surface area contributed by atoms with Gasteiger partial charge in [0.2, 0.25) is 5.91 Å². The molecule has 0 bridgehead atoms. The maximum Gasteiger partial charge on any atom is 0.226 e. The van der Waals surface area contributed by atoms with Gasteiger partial charge in [-0.3, -0.25) is 9.69 Å². The minimum atomic E-state index is 0.123. The number of hydrogen-bond donors (Lipinski definition) is 0. The molecule has 1 saturated heterocycles. The lowest BCUT2D eigenvalue weighted by Gasteiger charge is -2.29. The topological polar surface area (TPSA) is 42.0 Å². The van der Waals surface area contributed by atoms with Gasteiger partial charge >= 0.3 is 0 Å². The molecule has 142 valence electrons. The number of rotatable bonds is 3. The monoisotopic (exact) mass is 358 g/mol. The summed E-state index contributed by atoms with van der Waals surface area (Å²) < 4.78 is 11.5. The Hall–Kier alpha value is -1.59. The van der Waals surface area contributed by atoms with E-state index in [1.807, 2.05) is 0 Å². The Morgan fingerprint density at radius 3 is 2.73 bits per heavy atom. The molecule has 2 aliphatic heterocycles. The first-order valence-corrected chi connectivity index (χ1v) is 10.1. The molecule has 0 aromatic heterocycles. The first kappa shape index (κ1) is 17.8. The van der Waals surface area contributed by atoms with E-state index in [1.165, 1.54) is 18.4 Å². The Bertz CT molecular complexity index is 636. The number of benzene rings is 1. The van der Waals surface area contributed by atoms with Crippen LogP contribution in [-0.2, 0) is 22.6 Å². The average molecular weight is 358 g/mol. The highest BCUT2D eigenvalue weighted by Crippen LogP contribution is 2.31. The van der Waals surface area contributed by atoms with Crippen LogP contribution in [0.5, 0.6) is 5.75 Å². The summed E-state index contributed by atoms with van der Waals surface area (Å²) in [6.45, 7) is 7.88. The molecule has 1 aromatic rings. The van der Waals surface area contributed by atoms with E-state index in [-0.39, 0.29) is 12.0 Å². The molecule has 2 heterocycles. The van der Waals surface area contributed by atoms with Gasteiger partial charge in [0.1, 0.15) is 12.4 Å². The van der Waals surface area contributed by atoms with Gasteiger partial charge in [-0.15, -0.1) is 0 Å². The molecule has 1 atom stereocenters. The smallest absolute Gasteiger partial charge is 0.226 e. The van der Waals surface area contributed by atoms with Crippen molar-refractivity contribution in [3.8, 4) is 5.75 Å². The molecule has 1 amide bonds. The maximum absolute atomic E-state index is 13.0. The highest BCUT2D eigenvalue weighted by atomic mass is 16.5. The van der Waals surface area contributed by atoms with Crippen molar-refractivity contribution >= 4 is 5.91 Å². The van der Waals surface area contributed by atoms with Crippen molar-refractivity contribution in [2.24, 2.45) is 5.92 Å². The van der Waals surface area contributed by atoms with Crippen LogP contribution >= 0.6 is 0 Å². The van der Waals surface area contributed by atoms with Gasteiger partial charge in [0, 0.05) is 37.7 Å². The molecule has 0 unspecified atom stereocenters. The second kappa shape index (κ2) is 7.97. The van der Waals surface area contributed by atoms with E-state index in [4.69, 9.17) is 9.47 Å². The standard InChI is InChI=1S/C21H30N2O3/c1-16-15-26-20-7-6-17(13-22-8-10-25-11-9-22)12-19(20)14-23(16)21(24)18-4-2-3-5-18/h6-7,12,16,18H,2-5,8-11,13-15H2,1H3/t16-/m0/s1. The molecule has 0 spiro atoms. The van der Waals surface area contributed by atoms with E-state index in [1.54, 1.807) is 0 Å². The minimum Gasteiger partial charge on any atom is -0.491 e. The largest absolute Gasteiger partial charge is 0.491 e. The Balaban J connectivity index is 1.50. The molecular formula is C21H30N2O3. The van der Waals surface area contributed by atoms with Crippen LogP contribution in [0.25, 0.3) is 0 Å². The van der Waals surface area contributed by atoms with Gasteiger partial charge in [-0.1, -0.05) is 18.9 Å². The van der Waals surface area contributed by atoms with Crippen LogP contribution in [0.15, 0.2) is 18.2 Å². The van der Waals surface area contributed by atoms with Crippen molar-refractivity contribution in [2.75, 3.05) is 32.9 Å². The molecule has 1 aromatic carbocycles. The minimum absolute atomic E-state index is 0.123. The van der Waals surface area contributed by atoms with Gasteiger partial charge in [0.25, 0.3) is 0 Å². The quantitative estimate of drug-likeness (QED) is 0.833. The zero-order chi connectivity index (χ0) is 17.9. The second-order valence-electron chi connectivity index (χ2n) is 7.94. The lowest BCUT2D eigenvalue weighted by Crippen LogP contribution is -2.42. The van der Waals surface area contributed by atoms with E-state index in [0.717, 1.165) is 57.0 Å². The van der Waals surface area contributed by atoms with Crippen molar-refractivity contribution in [2.45, 2.75) is 51.7 Å². The summed E-state index contributed by atoms with van der Waals surface area (Å²) in [6.07, 6.45) is 4.48. The van der Waals surface area contributed by atoms with E-state index in [0.29, 0.717) is 19.1 Å². The van der Waals surface area contributed by atoms with Crippen molar-refractivity contribution in [3.05, 3.63) is 29.3 Å². The zero-order valence-corrected chi connectivity index (χ0v) is 15.8. The van der Waals surface area contributed by atoms with Crippen LogP contribution in [0.2, 0.25) is 0 Å². The van der Waals surface area contributed by atoms with Crippen LogP contribution in [0.1, 0.15) is 43.7 Å². The van der Waals surface area contributed by atoms with Gasteiger partial charge in [-0.2, -0.15) is 0 Å². The Morgan fingerprint density at radius 1 is 1.19 bits per heavy atom. The summed E-state index contributed by atoms with van der Waals surface area (Å²) in [7, 11) is 0. The van der Waals surface area contributed by atoms with Crippen molar-refractivity contribution < 1.29 is 14.3 Å². The van der Waals surface area contributed by atoms with Gasteiger partial charge in [0.05, 0.1) is 19.3 Å². The molecule has 1 saturated carbocycles. The third kappa shape index (κ3) is 3.89. The fraction of sp³-hybridized carbons (Fsp3) is 0.667. The van der Waals surface area contributed by atoms with E-state index in [2.05, 4.69) is 34.9 Å². The molecule has 5 heteroatoms. The van der Waals surface area contributed by atoms with Gasteiger partial charge in [-0.25, -0.2) is 0 Å². The van der Waals surface area contributed by atoms with E-state index >= 15 is 0 Å². The fourth-order valence-corrected chi connectivity index (χ4v) is 4.36. The maximum atomic E-state index is 13.0. The Labute approximate surface area is 156 Å². The average Bonchev–Trinajstić information content (AvgIpc) is 3.15. The zero-order valence-electron chi connectivity index (χ0n) is 15.8. The number of morpholine rings is 1. The third-order valence-corrected chi connectivity index (χ3v) is 5.98. The molecule has 2 fully saturated rings. The number of hydrogen-bond acceptors (Lipinski definition) is 4. The number of carbonyl (C=O) groups is 1. The van der Waals surface area contributed by atoms with E-state index < -0.39 is 0 Å². The molecule has 0 radical (unpaired) electrons. The number of amides is 1. The van der Waals surface area contributed by atoms with Crippen LogP contribution in [0.3, 0.4) is 0 Å². The van der Waals surface area contributed by atoms with Gasteiger partial charge in [0.15, 0.2) is 0 Å². The number of fused-ring (bicyclic) bond motifs is 1. The Kier molecular flexibility index (Phi) is 5.46. The fourth-order valence-electron chi connectivity index (χ4n) is 4.36. The first-order valence-electron chi connectivity index (χ1n) is 10.1. The Morgan fingerprint density at radius 2 is 1.96 bits per heavy atom. The SMILES string of the molecule is C[C@H]1COc2ccc(CN3CCOCC3)cc2CN1C(=O)C1CCCC1. The summed E-state index contributed by atoms with van der Waals surface area (Å²) >= 11 is 0. The number of carbonyl (C=O) groups excluding carboxylic acids is 1. The third-order valence-electron chi connectivity index (χ3n) is 5.98. The lowest BCUT2D eigenvalue weighted by atomic mass is 10.0.